The number of unbranched alkanes of at least 4 members (excludes halogenated alkanes) is 18. The van der Waals surface area contributed by atoms with Gasteiger partial charge in [0.1, 0.15) is 29.2 Å². The number of nitriles is 2. The minimum atomic E-state index is -0.0165. The Morgan fingerprint density at radius 3 is 1.46 bits per heavy atom. The second-order valence-corrected chi connectivity index (χ2v) is 18.3. The van der Waals surface area contributed by atoms with Crippen LogP contribution in [-0.4, -0.2) is 33.1 Å². The third kappa shape index (κ3) is 14.2. The number of rotatable bonds is 27. The Kier molecular flexibility index (Phi) is 19.3. The van der Waals surface area contributed by atoms with Crippen LogP contribution in [0.4, 0.5) is 0 Å². The lowest BCUT2D eigenvalue weighted by Crippen LogP contribution is -1.97. The molecule has 0 amide bonds. The summed E-state index contributed by atoms with van der Waals surface area (Å²) in [4.78, 5) is 17.6. The zero-order chi connectivity index (χ0) is 47.2. The highest BCUT2D eigenvalue weighted by atomic mass is 16.5. The third-order valence-corrected chi connectivity index (χ3v) is 13.0. The van der Waals surface area contributed by atoms with Crippen molar-refractivity contribution in [2.24, 2.45) is 0 Å². The molecule has 2 aliphatic rings. The minimum Gasteiger partial charge on any atom is -0.494 e. The summed E-state index contributed by atoms with van der Waals surface area (Å²) in [6, 6.07) is 30.8. The first-order valence-electron chi connectivity index (χ1n) is 25.7. The van der Waals surface area contributed by atoms with Crippen LogP contribution in [0.15, 0.2) is 84.4 Å². The number of hydrogen-bond acceptors (Lipinski definition) is 6. The molecule has 0 saturated heterocycles. The summed E-state index contributed by atoms with van der Waals surface area (Å²) in [5, 5.41) is 19.9. The van der Waals surface area contributed by atoms with Gasteiger partial charge in [-0.15, -0.1) is 0 Å². The van der Waals surface area contributed by atoms with Gasteiger partial charge in [0, 0.05) is 38.8 Å². The van der Waals surface area contributed by atoms with Gasteiger partial charge in [-0.1, -0.05) is 154 Å². The molecule has 0 fully saturated rings. The predicted octanol–water partition coefficient (Wildman–Crippen LogP) is 17.0. The molecule has 0 atom stereocenters. The quantitative estimate of drug-likeness (QED) is 0.0391. The van der Waals surface area contributed by atoms with Gasteiger partial charge in [-0.2, -0.15) is 10.5 Å². The van der Waals surface area contributed by atoms with Crippen molar-refractivity contribution in [1.29, 1.82) is 10.5 Å². The number of aromatic amines is 2. The van der Waals surface area contributed by atoms with E-state index in [2.05, 4.69) is 84.5 Å². The largest absolute Gasteiger partial charge is 0.494 e. The SMILES string of the molecule is CCCCCCCCCCCCOc1ccc(-c2c3nc(c(C=C(C#N)C#N)c4ccc([nH]4)c(-c4ccc(OCCCCCCCCCCCC)cc4)c4nc(cc5ccc2[nH]5)C=C4)C=C3)cc1. The van der Waals surface area contributed by atoms with Crippen molar-refractivity contribution in [3.8, 4) is 45.9 Å². The van der Waals surface area contributed by atoms with Crippen LogP contribution < -0.4 is 9.47 Å². The Bertz CT molecular complexity index is 2660. The lowest BCUT2D eigenvalue weighted by atomic mass is 10.0. The summed E-state index contributed by atoms with van der Waals surface area (Å²) in [6.07, 6.45) is 35.5. The smallest absolute Gasteiger partial charge is 0.130 e. The van der Waals surface area contributed by atoms with Gasteiger partial charge in [0.15, 0.2) is 0 Å². The molecule has 0 saturated carbocycles. The molecule has 0 unspecified atom stereocenters. The first-order chi connectivity index (χ1) is 33.6. The number of H-pyrrole nitrogens is 2. The maximum Gasteiger partial charge on any atom is 0.130 e. The molecule has 3 aromatic heterocycles. The van der Waals surface area contributed by atoms with Gasteiger partial charge in [-0.25, -0.2) is 9.97 Å². The van der Waals surface area contributed by atoms with Gasteiger partial charge in [0.05, 0.1) is 36.0 Å². The van der Waals surface area contributed by atoms with Crippen molar-refractivity contribution >= 4 is 52.4 Å². The lowest BCUT2D eigenvalue weighted by Gasteiger charge is -2.09. The Balaban J connectivity index is 1.14. The first kappa shape index (κ1) is 49.3. The summed E-state index contributed by atoms with van der Waals surface area (Å²) in [5.74, 6) is 1.69. The average molecular weight is 907 g/mol. The Morgan fingerprint density at radius 2 is 0.926 bits per heavy atom. The summed E-state index contributed by atoms with van der Waals surface area (Å²) >= 11 is 0. The maximum absolute atomic E-state index is 9.93. The second kappa shape index (κ2) is 26.6. The van der Waals surface area contributed by atoms with Crippen molar-refractivity contribution in [2.45, 2.75) is 142 Å². The van der Waals surface area contributed by atoms with Crippen LogP contribution in [0.5, 0.6) is 11.5 Å². The van der Waals surface area contributed by atoms with Crippen LogP contribution in [0.25, 0.3) is 74.7 Å². The molecule has 8 nitrogen and oxygen atoms in total. The van der Waals surface area contributed by atoms with Gasteiger partial charge in [-0.3, -0.25) is 0 Å². The van der Waals surface area contributed by atoms with E-state index in [-0.39, 0.29) is 5.57 Å². The number of aromatic nitrogens is 4. The number of hydrogen-bond donors (Lipinski definition) is 2. The second-order valence-electron chi connectivity index (χ2n) is 18.3. The zero-order valence-corrected chi connectivity index (χ0v) is 40.6. The fourth-order valence-electron chi connectivity index (χ4n) is 9.15. The van der Waals surface area contributed by atoms with Gasteiger partial charge in [0.25, 0.3) is 0 Å². The van der Waals surface area contributed by atoms with Crippen LogP contribution in [0.1, 0.15) is 171 Å². The molecule has 2 N–H and O–H groups in total. The molecular weight excluding hydrogens is 837 g/mol. The molecule has 5 aromatic rings. The number of benzene rings is 2. The average Bonchev–Trinajstić information content (AvgIpc) is 4.22. The Hall–Kier alpha value is -6.64. The molecular formula is C60H70N6O2. The molecule has 0 spiro atoms. The molecule has 5 heterocycles. The number of nitrogens with one attached hydrogen (secondary N) is 2. The topological polar surface area (TPSA) is 123 Å². The molecule has 0 aliphatic carbocycles. The van der Waals surface area contributed by atoms with Crippen molar-refractivity contribution < 1.29 is 9.47 Å². The van der Waals surface area contributed by atoms with E-state index in [1.165, 1.54) is 116 Å². The van der Waals surface area contributed by atoms with Gasteiger partial charge in [0.2, 0.25) is 0 Å². The van der Waals surface area contributed by atoms with Crippen molar-refractivity contribution in [2.75, 3.05) is 13.2 Å². The normalized spacial score (nSPS) is 11.6. The van der Waals surface area contributed by atoms with E-state index in [0.717, 1.165) is 85.7 Å². The van der Waals surface area contributed by atoms with Crippen LogP contribution in [-0.2, 0) is 0 Å². The van der Waals surface area contributed by atoms with E-state index >= 15 is 0 Å². The molecule has 8 heteroatoms. The minimum absolute atomic E-state index is 0.0165. The molecule has 0 radical (unpaired) electrons. The maximum atomic E-state index is 9.93. The highest BCUT2D eigenvalue weighted by Crippen LogP contribution is 2.35. The van der Waals surface area contributed by atoms with Crippen molar-refractivity contribution in [1.82, 2.24) is 19.9 Å². The number of nitrogens with zero attached hydrogens (tertiary/aromatic N) is 4. The first-order valence-corrected chi connectivity index (χ1v) is 25.7. The lowest BCUT2D eigenvalue weighted by molar-refractivity contribution is 0.304. The van der Waals surface area contributed by atoms with E-state index in [1.54, 1.807) is 6.08 Å². The molecule has 68 heavy (non-hydrogen) atoms. The predicted molar refractivity (Wildman–Crippen MR) is 284 cm³/mol. The summed E-state index contributed by atoms with van der Waals surface area (Å²) < 4.78 is 12.4. The number of allylic oxidation sites excluding steroid dienone is 1. The molecule has 2 aliphatic heterocycles. The fourth-order valence-corrected chi connectivity index (χ4v) is 9.15. The van der Waals surface area contributed by atoms with E-state index in [0.29, 0.717) is 24.5 Å². The van der Waals surface area contributed by atoms with Crippen molar-refractivity contribution in [3.05, 3.63) is 113 Å². The van der Waals surface area contributed by atoms with Crippen molar-refractivity contribution in [3.63, 3.8) is 0 Å². The zero-order valence-electron chi connectivity index (χ0n) is 40.6. The molecule has 2 aromatic carbocycles. The highest BCUT2D eigenvalue weighted by Gasteiger charge is 2.16. The summed E-state index contributed by atoms with van der Waals surface area (Å²) in [7, 11) is 0. The van der Waals surface area contributed by atoms with E-state index in [4.69, 9.17) is 19.4 Å². The summed E-state index contributed by atoms with van der Waals surface area (Å²) in [6.45, 7) is 5.94. The van der Waals surface area contributed by atoms with Gasteiger partial charge < -0.3 is 19.4 Å². The Labute approximate surface area is 404 Å². The van der Waals surface area contributed by atoms with E-state index < -0.39 is 0 Å². The standard InChI is InChI=1S/C60H70N6O2/c1-3-5-7-9-11-13-15-17-19-21-39-67-50-29-23-46(24-30-50)59-55-33-27-48(63-55)42-49-28-34-56(64-49)60(47-25-31-51(32-26-47)68-40-22-20-18-16-14-12-10-8-6-4-2)58-38-36-54(66-58)52(41-45(43-61)44-62)53-35-37-57(59)65-53/h23-38,41-42,63,66H,3-22,39-40H2,1-2H3. The monoisotopic (exact) mass is 907 g/mol. The van der Waals surface area contributed by atoms with Gasteiger partial charge >= 0.3 is 0 Å². The van der Waals surface area contributed by atoms with Gasteiger partial charge in [-0.05, 0) is 109 Å². The highest BCUT2D eigenvalue weighted by molar-refractivity contribution is 5.95. The third-order valence-electron chi connectivity index (χ3n) is 13.0. The Morgan fingerprint density at radius 1 is 0.485 bits per heavy atom. The van der Waals surface area contributed by atoms with E-state index in [9.17, 15) is 10.5 Å². The molecule has 8 bridgehead atoms. The van der Waals surface area contributed by atoms with Crippen LogP contribution >= 0.6 is 0 Å². The summed E-state index contributed by atoms with van der Waals surface area (Å²) in [5.41, 5.74) is 10.8. The van der Waals surface area contributed by atoms with E-state index in [1.807, 2.05) is 54.6 Å². The molecule has 7 rings (SSSR count). The number of ether oxygens (including phenoxy) is 2. The van der Waals surface area contributed by atoms with Crippen LogP contribution in [0.3, 0.4) is 0 Å². The fraction of sp³-hybridized carbons (Fsp3) is 0.400. The molecule has 352 valence electrons. The number of fused-ring (bicyclic) bond motifs is 8. The van der Waals surface area contributed by atoms with Crippen LogP contribution in [0, 0.1) is 22.7 Å². The van der Waals surface area contributed by atoms with Crippen LogP contribution in [0.2, 0.25) is 0 Å².